The molecule has 5 rings (SSSR count). The molecule has 1 N–H and O–H groups in total. The standard InChI is InChI=1S/C29H25N3O3/c33-27-22(11-10-18-32(27)28(34)35)19-26-20-31(21-30-26)29(23-12-4-1-5-13-23,24-14-6-2-7-15-24)25-16-8-3-9-17-25/h1-9,12-17,19-21H,10-11,18H2,(H,34,35). The molecule has 4 aromatic rings. The SMILES string of the molecule is O=C(O)N1CCCC(=Cc2cn(C(c3ccccc3)(c3ccccc3)c3ccccc3)cn2)C1=O. The zero-order valence-corrected chi connectivity index (χ0v) is 19.1. The maximum absolute atomic E-state index is 12.7. The summed E-state index contributed by atoms with van der Waals surface area (Å²) in [5.74, 6) is -0.473. The minimum Gasteiger partial charge on any atom is -0.465 e. The Hall–Kier alpha value is -4.45. The van der Waals surface area contributed by atoms with Crippen molar-refractivity contribution in [1.82, 2.24) is 14.5 Å². The van der Waals surface area contributed by atoms with E-state index in [4.69, 9.17) is 0 Å². The normalized spacial score (nSPS) is 15.4. The van der Waals surface area contributed by atoms with Gasteiger partial charge in [-0.1, -0.05) is 91.0 Å². The summed E-state index contributed by atoms with van der Waals surface area (Å²) in [6, 6.07) is 30.8. The van der Waals surface area contributed by atoms with Gasteiger partial charge in [-0.15, -0.1) is 0 Å². The third-order valence-corrected chi connectivity index (χ3v) is 6.47. The average molecular weight is 464 g/mol. The van der Waals surface area contributed by atoms with Crippen molar-refractivity contribution in [2.75, 3.05) is 6.54 Å². The van der Waals surface area contributed by atoms with Gasteiger partial charge in [0.25, 0.3) is 5.91 Å². The monoisotopic (exact) mass is 463 g/mol. The Morgan fingerprint density at radius 1 is 0.857 bits per heavy atom. The van der Waals surface area contributed by atoms with Crippen molar-refractivity contribution in [3.05, 3.63) is 131 Å². The molecule has 1 aliphatic rings. The van der Waals surface area contributed by atoms with E-state index in [9.17, 15) is 14.7 Å². The predicted molar refractivity (Wildman–Crippen MR) is 134 cm³/mol. The smallest absolute Gasteiger partial charge is 0.414 e. The second kappa shape index (κ2) is 9.43. The van der Waals surface area contributed by atoms with Crippen LogP contribution in [0.25, 0.3) is 6.08 Å². The highest BCUT2D eigenvalue weighted by atomic mass is 16.4. The lowest BCUT2D eigenvalue weighted by molar-refractivity contribution is -0.126. The number of carbonyl (C=O) groups is 2. The summed E-state index contributed by atoms with van der Waals surface area (Å²) in [5, 5.41) is 9.34. The Morgan fingerprint density at radius 3 is 1.86 bits per heavy atom. The molecule has 6 nitrogen and oxygen atoms in total. The number of imide groups is 1. The van der Waals surface area contributed by atoms with E-state index in [-0.39, 0.29) is 6.54 Å². The Kier molecular flexibility index (Phi) is 6.02. The van der Waals surface area contributed by atoms with Gasteiger partial charge in [0.15, 0.2) is 0 Å². The summed E-state index contributed by atoms with van der Waals surface area (Å²) in [7, 11) is 0. The van der Waals surface area contributed by atoms with Crippen LogP contribution < -0.4 is 0 Å². The lowest BCUT2D eigenvalue weighted by Crippen LogP contribution is -2.40. The first-order valence-corrected chi connectivity index (χ1v) is 11.6. The van der Waals surface area contributed by atoms with Gasteiger partial charge in [0, 0.05) is 18.3 Å². The molecule has 35 heavy (non-hydrogen) atoms. The lowest BCUT2D eigenvalue weighted by atomic mass is 9.77. The highest BCUT2D eigenvalue weighted by Crippen LogP contribution is 2.40. The van der Waals surface area contributed by atoms with Gasteiger partial charge in [-0.2, -0.15) is 0 Å². The fraction of sp³-hybridized carbons (Fsp3) is 0.138. The van der Waals surface area contributed by atoms with Crippen LogP contribution in [0.15, 0.2) is 109 Å². The molecule has 1 saturated heterocycles. The third-order valence-electron chi connectivity index (χ3n) is 6.47. The Bertz CT molecular complexity index is 1270. The summed E-state index contributed by atoms with van der Waals surface area (Å²) < 4.78 is 2.07. The van der Waals surface area contributed by atoms with Gasteiger partial charge in [-0.05, 0) is 35.6 Å². The molecule has 0 radical (unpaired) electrons. The van der Waals surface area contributed by atoms with Crippen LogP contribution >= 0.6 is 0 Å². The maximum Gasteiger partial charge on any atom is 0.414 e. The summed E-state index contributed by atoms with van der Waals surface area (Å²) >= 11 is 0. The number of benzene rings is 3. The number of aromatic nitrogens is 2. The molecule has 174 valence electrons. The third kappa shape index (κ3) is 4.04. The van der Waals surface area contributed by atoms with Crippen LogP contribution in [0, 0.1) is 0 Å². The number of amides is 2. The highest BCUT2D eigenvalue weighted by Gasteiger charge is 2.38. The summed E-state index contributed by atoms with van der Waals surface area (Å²) in [6.07, 6.45) is 5.32. The molecule has 3 aromatic carbocycles. The Labute approximate surface area is 203 Å². The van der Waals surface area contributed by atoms with Gasteiger partial charge in [0.05, 0.1) is 12.0 Å². The highest BCUT2D eigenvalue weighted by molar-refractivity contribution is 6.05. The first-order chi connectivity index (χ1) is 17.1. The van der Waals surface area contributed by atoms with E-state index in [2.05, 4.69) is 45.9 Å². The molecular weight excluding hydrogens is 438 g/mol. The maximum atomic E-state index is 12.7. The van der Waals surface area contributed by atoms with Crippen molar-refractivity contribution in [3.8, 4) is 0 Å². The van der Waals surface area contributed by atoms with E-state index < -0.39 is 17.5 Å². The topological polar surface area (TPSA) is 75.4 Å². The Morgan fingerprint density at radius 2 is 1.37 bits per heavy atom. The van der Waals surface area contributed by atoms with Crippen molar-refractivity contribution in [2.45, 2.75) is 18.4 Å². The molecule has 0 aliphatic carbocycles. The van der Waals surface area contributed by atoms with Crippen LogP contribution in [0.5, 0.6) is 0 Å². The fourth-order valence-corrected chi connectivity index (χ4v) is 4.89. The van der Waals surface area contributed by atoms with Crippen LogP contribution in [0.3, 0.4) is 0 Å². The van der Waals surface area contributed by atoms with E-state index >= 15 is 0 Å². The molecule has 1 aromatic heterocycles. The van der Waals surface area contributed by atoms with Crippen LogP contribution in [0.2, 0.25) is 0 Å². The van der Waals surface area contributed by atoms with Gasteiger partial charge in [0.1, 0.15) is 5.54 Å². The van der Waals surface area contributed by atoms with Crippen LogP contribution in [0.4, 0.5) is 4.79 Å². The van der Waals surface area contributed by atoms with Gasteiger partial charge >= 0.3 is 6.09 Å². The summed E-state index contributed by atoms with van der Waals surface area (Å²) in [5.41, 5.74) is 3.57. The molecule has 0 unspecified atom stereocenters. The van der Waals surface area contributed by atoms with Crippen LogP contribution in [-0.2, 0) is 10.3 Å². The van der Waals surface area contributed by atoms with Gasteiger partial charge in [-0.3, -0.25) is 4.79 Å². The second-order valence-corrected chi connectivity index (χ2v) is 8.53. The van der Waals surface area contributed by atoms with Crippen molar-refractivity contribution < 1.29 is 14.7 Å². The first kappa shape index (κ1) is 22.3. The second-order valence-electron chi connectivity index (χ2n) is 8.53. The van der Waals surface area contributed by atoms with E-state index in [1.807, 2.05) is 60.8 Å². The zero-order valence-electron chi connectivity index (χ0n) is 19.1. The van der Waals surface area contributed by atoms with E-state index in [1.54, 1.807) is 12.4 Å². The molecular formula is C29H25N3O3. The van der Waals surface area contributed by atoms with E-state index in [1.165, 1.54) is 0 Å². The van der Waals surface area contributed by atoms with Crippen molar-refractivity contribution in [3.63, 3.8) is 0 Å². The van der Waals surface area contributed by atoms with Crippen molar-refractivity contribution in [2.24, 2.45) is 0 Å². The van der Waals surface area contributed by atoms with Gasteiger partial charge < -0.3 is 9.67 Å². The number of likely N-dealkylation sites (tertiary alicyclic amines) is 1. The predicted octanol–water partition coefficient (Wildman–Crippen LogP) is 5.41. The number of rotatable bonds is 5. The van der Waals surface area contributed by atoms with Gasteiger partial charge in [-0.25, -0.2) is 14.7 Å². The quantitative estimate of drug-likeness (QED) is 0.317. The summed E-state index contributed by atoms with van der Waals surface area (Å²) in [4.78, 5) is 29.6. The van der Waals surface area contributed by atoms with Crippen LogP contribution in [0.1, 0.15) is 35.2 Å². The number of hydrogen-bond donors (Lipinski definition) is 1. The van der Waals surface area contributed by atoms with Crippen molar-refractivity contribution in [1.29, 1.82) is 0 Å². The number of carboxylic acid groups (broad SMARTS) is 1. The lowest BCUT2D eigenvalue weighted by Gasteiger charge is -2.37. The van der Waals surface area contributed by atoms with Gasteiger partial charge in [0.2, 0.25) is 0 Å². The molecule has 2 heterocycles. The fourth-order valence-electron chi connectivity index (χ4n) is 4.89. The van der Waals surface area contributed by atoms with E-state index in [0.717, 1.165) is 21.6 Å². The average Bonchev–Trinajstić information content (AvgIpc) is 3.36. The molecule has 0 spiro atoms. The molecule has 0 saturated carbocycles. The summed E-state index contributed by atoms with van der Waals surface area (Å²) in [6.45, 7) is 0.221. The van der Waals surface area contributed by atoms with Crippen molar-refractivity contribution >= 4 is 18.1 Å². The molecule has 1 fully saturated rings. The van der Waals surface area contributed by atoms with E-state index in [0.29, 0.717) is 24.1 Å². The largest absolute Gasteiger partial charge is 0.465 e. The molecule has 1 aliphatic heterocycles. The number of nitrogens with zero attached hydrogens (tertiary/aromatic N) is 3. The molecule has 2 amide bonds. The molecule has 6 heteroatoms. The molecule has 0 bridgehead atoms. The number of carbonyl (C=O) groups excluding carboxylic acids is 1. The Balaban J connectivity index is 1.68. The minimum absolute atomic E-state index is 0.221. The zero-order chi connectivity index (χ0) is 24.3. The first-order valence-electron chi connectivity index (χ1n) is 11.6. The van der Waals surface area contributed by atoms with Crippen LogP contribution in [-0.4, -0.2) is 38.1 Å². The number of piperidine rings is 1. The molecule has 0 atom stereocenters. The minimum atomic E-state index is -1.22. The number of imidazole rings is 1. The number of hydrogen-bond acceptors (Lipinski definition) is 3.